The molecule has 0 spiro atoms. The van der Waals surface area contributed by atoms with E-state index in [9.17, 15) is 4.79 Å². The van der Waals surface area contributed by atoms with Crippen LogP contribution >= 0.6 is 0 Å². The van der Waals surface area contributed by atoms with Gasteiger partial charge in [-0.2, -0.15) is 0 Å². The molecule has 2 N–H and O–H groups in total. The van der Waals surface area contributed by atoms with E-state index in [1.54, 1.807) is 0 Å². The van der Waals surface area contributed by atoms with Crippen molar-refractivity contribution < 1.29 is 9.53 Å². The molecule has 46 valence electrons. The Balaban J connectivity index is 2.51. The van der Waals surface area contributed by atoms with Crippen molar-refractivity contribution in [2.75, 3.05) is 0 Å². The van der Waals surface area contributed by atoms with E-state index >= 15 is 0 Å². The Hall–Kier alpha value is -0.570. The van der Waals surface area contributed by atoms with Gasteiger partial charge in [0.15, 0.2) is 0 Å². The molecule has 1 rings (SSSR count). The first-order valence-corrected chi connectivity index (χ1v) is 2.66. The summed E-state index contributed by atoms with van der Waals surface area (Å²) in [6.45, 7) is 1.84. The zero-order chi connectivity index (χ0) is 6.15. The van der Waals surface area contributed by atoms with Crippen molar-refractivity contribution >= 4 is 5.97 Å². The summed E-state index contributed by atoms with van der Waals surface area (Å²) in [7, 11) is 0. The van der Waals surface area contributed by atoms with E-state index in [0.29, 0.717) is 6.42 Å². The van der Waals surface area contributed by atoms with E-state index in [1.165, 1.54) is 0 Å². The van der Waals surface area contributed by atoms with Crippen LogP contribution in [-0.2, 0) is 9.53 Å². The monoisotopic (exact) mass is 115 g/mol. The number of hydrogen-bond acceptors (Lipinski definition) is 3. The van der Waals surface area contributed by atoms with Crippen LogP contribution in [0.25, 0.3) is 0 Å². The normalized spacial score (nSPS) is 37.5. The van der Waals surface area contributed by atoms with Gasteiger partial charge in [-0.15, -0.1) is 0 Å². The third kappa shape index (κ3) is 0.816. The number of carbonyl (C=O) groups excluding carboxylic acids is 1. The van der Waals surface area contributed by atoms with Crippen molar-refractivity contribution in [1.82, 2.24) is 0 Å². The molecule has 8 heavy (non-hydrogen) atoms. The number of nitrogens with two attached hydrogens (primary N) is 1. The predicted octanol–water partition coefficient (Wildman–Crippen LogP) is -0.351. The fourth-order valence-electron chi connectivity index (χ4n) is 0.788. The van der Waals surface area contributed by atoms with Gasteiger partial charge in [0.25, 0.3) is 0 Å². The molecule has 0 aromatic carbocycles. The van der Waals surface area contributed by atoms with Gasteiger partial charge in [0.2, 0.25) is 0 Å². The first-order chi connectivity index (χ1) is 3.70. The topological polar surface area (TPSA) is 52.3 Å². The van der Waals surface area contributed by atoms with Crippen molar-refractivity contribution in [3.63, 3.8) is 0 Å². The largest absolute Gasteiger partial charge is 0.461 e. The zero-order valence-electron chi connectivity index (χ0n) is 4.76. The van der Waals surface area contributed by atoms with Crippen LogP contribution < -0.4 is 5.73 Å². The van der Waals surface area contributed by atoms with Crippen molar-refractivity contribution in [3.8, 4) is 0 Å². The van der Waals surface area contributed by atoms with E-state index in [2.05, 4.69) is 0 Å². The highest BCUT2D eigenvalue weighted by Gasteiger charge is 2.27. The minimum Gasteiger partial charge on any atom is -0.461 e. The Kier molecular flexibility index (Phi) is 1.21. The molecule has 1 aliphatic heterocycles. The second kappa shape index (κ2) is 1.74. The van der Waals surface area contributed by atoms with Crippen LogP contribution in [0.5, 0.6) is 0 Å². The van der Waals surface area contributed by atoms with Crippen LogP contribution in [0.4, 0.5) is 0 Å². The highest BCUT2D eigenvalue weighted by molar-refractivity contribution is 5.77. The molecule has 0 aromatic rings. The summed E-state index contributed by atoms with van der Waals surface area (Å²) in [6, 6.07) is -0.370. The number of rotatable bonds is 0. The molecule has 0 amide bonds. The summed E-state index contributed by atoms with van der Waals surface area (Å²) in [6.07, 6.45) is 0.691. The third-order valence-corrected chi connectivity index (χ3v) is 1.21. The van der Waals surface area contributed by atoms with Crippen LogP contribution in [0.3, 0.4) is 0 Å². The van der Waals surface area contributed by atoms with Gasteiger partial charge in [-0.1, -0.05) is 0 Å². The summed E-state index contributed by atoms with van der Waals surface area (Å²) in [5.41, 5.74) is 5.29. The summed E-state index contributed by atoms with van der Waals surface area (Å²) < 4.78 is 4.71. The summed E-state index contributed by atoms with van der Waals surface area (Å²) >= 11 is 0. The van der Waals surface area contributed by atoms with E-state index in [4.69, 9.17) is 10.5 Å². The van der Waals surface area contributed by atoms with Crippen molar-refractivity contribution in [3.05, 3.63) is 0 Å². The summed E-state index contributed by atoms with van der Waals surface area (Å²) in [5.74, 6) is -0.266. The lowest BCUT2D eigenvalue weighted by Gasteiger charge is -1.95. The fraction of sp³-hybridized carbons (Fsp3) is 0.800. The highest BCUT2D eigenvalue weighted by atomic mass is 16.6. The lowest BCUT2D eigenvalue weighted by atomic mass is 10.2. The fourth-order valence-corrected chi connectivity index (χ4v) is 0.788. The minimum atomic E-state index is -0.370. The SMILES string of the molecule is CC1C[C@@H](N)C(=O)O1. The molecule has 0 bridgehead atoms. The molecule has 1 aliphatic rings. The molecule has 0 aromatic heterocycles. The molecule has 1 heterocycles. The van der Waals surface area contributed by atoms with Gasteiger partial charge >= 0.3 is 5.97 Å². The van der Waals surface area contributed by atoms with Crippen molar-refractivity contribution in [2.45, 2.75) is 25.5 Å². The Morgan fingerprint density at radius 1 is 1.88 bits per heavy atom. The van der Waals surface area contributed by atoms with Crippen LogP contribution in [0, 0.1) is 0 Å². The summed E-state index contributed by atoms with van der Waals surface area (Å²) in [5, 5.41) is 0. The number of cyclic esters (lactones) is 1. The quantitative estimate of drug-likeness (QED) is 0.439. The average molecular weight is 115 g/mol. The van der Waals surface area contributed by atoms with E-state index in [-0.39, 0.29) is 18.1 Å². The van der Waals surface area contributed by atoms with E-state index < -0.39 is 0 Å². The molecule has 0 aliphatic carbocycles. The van der Waals surface area contributed by atoms with E-state index in [0.717, 1.165) is 0 Å². The Morgan fingerprint density at radius 3 is 2.62 bits per heavy atom. The van der Waals surface area contributed by atoms with Crippen molar-refractivity contribution in [1.29, 1.82) is 0 Å². The Bertz CT molecular complexity index is 113. The maximum atomic E-state index is 10.4. The lowest BCUT2D eigenvalue weighted by Crippen LogP contribution is -2.24. The Morgan fingerprint density at radius 2 is 2.50 bits per heavy atom. The second-order valence-corrected chi connectivity index (χ2v) is 2.09. The molecule has 0 saturated carbocycles. The molecule has 1 saturated heterocycles. The number of carbonyl (C=O) groups is 1. The molecular formula is C5H9NO2. The first kappa shape index (κ1) is 5.56. The van der Waals surface area contributed by atoms with Gasteiger partial charge in [0.1, 0.15) is 12.1 Å². The second-order valence-electron chi connectivity index (χ2n) is 2.09. The molecule has 1 unspecified atom stereocenters. The number of hydrogen-bond donors (Lipinski definition) is 1. The Labute approximate surface area is 47.8 Å². The number of esters is 1. The molecule has 0 radical (unpaired) electrons. The van der Waals surface area contributed by atoms with Gasteiger partial charge in [-0.3, -0.25) is 4.79 Å². The van der Waals surface area contributed by atoms with Crippen LogP contribution in [0.1, 0.15) is 13.3 Å². The predicted molar refractivity (Wildman–Crippen MR) is 28.1 cm³/mol. The van der Waals surface area contributed by atoms with Crippen LogP contribution in [-0.4, -0.2) is 18.1 Å². The standard InChI is InChI=1S/C5H9NO2/c1-3-2-4(6)5(7)8-3/h3-4H,2,6H2,1H3/t3?,4-/m1/s1. The number of ether oxygens (including phenoxy) is 1. The molecule has 1 fully saturated rings. The first-order valence-electron chi connectivity index (χ1n) is 2.66. The highest BCUT2D eigenvalue weighted by Crippen LogP contribution is 2.10. The van der Waals surface area contributed by atoms with Gasteiger partial charge in [-0.05, 0) is 6.92 Å². The zero-order valence-corrected chi connectivity index (χ0v) is 4.76. The molecular weight excluding hydrogens is 106 g/mol. The van der Waals surface area contributed by atoms with Crippen molar-refractivity contribution in [2.24, 2.45) is 5.73 Å². The van der Waals surface area contributed by atoms with Gasteiger partial charge < -0.3 is 10.5 Å². The van der Waals surface area contributed by atoms with E-state index in [1.807, 2.05) is 6.92 Å². The smallest absolute Gasteiger partial charge is 0.323 e. The average Bonchev–Trinajstić information content (AvgIpc) is 1.85. The molecule has 2 atom stereocenters. The summed E-state index contributed by atoms with van der Waals surface area (Å²) in [4.78, 5) is 10.4. The molecule has 3 heteroatoms. The van der Waals surface area contributed by atoms with Gasteiger partial charge in [0, 0.05) is 6.42 Å². The maximum absolute atomic E-state index is 10.4. The maximum Gasteiger partial charge on any atom is 0.323 e. The minimum absolute atomic E-state index is 0.0255. The van der Waals surface area contributed by atoms with Crippen LogP contribution in [0.15, 0.2) is 0 Å². The van der Waals surface area contributed by atoms with Crippen LogP contribution in [0.2, 0.25) is 0 Å². The van der Waals surface area contributed by atoms with Gasteiger partial charge in [-0.25, -0.2) is 0 Å². The lowest BCUT2D eigenvalue weighted by molar-refractivity contribution is -0.141. The van der Waals surface area contributed by atoms with Gasteiger partial charge in [0.05, 0.1) is 0 Å². The third-order valence-electron chi connectivity index (χ3n) is 1.21. The molecule has 3 nitrogen and oxygen atoms in total.